The Morgan fingerprint density at radius 3 is 2.85 bits per heavy atom. The lowest BCUT2D eigenvalue weighted by Crippen LogP contribution is -2.42. The van der Waals surface area contributed by atoms with Crippen molar-refractivity contribution >= 4 is 11.6 Å². The van der Waals surface area contributed by atoms with Crippen LogP contribution in [0.2, 0.25) is 0 Å². The Bertz CT molecular complexity index is 486. The van der Waals surface area contributed by atoms with Gasteiger partial charge >= 0.3 is 0 Å². The van der Waals surface area contributed by atoms with Crippen LogP contribution in [0.3, 0.4) is 0 Å². The van der Waals surface area contributed by atoms with E-state index in [1.165, 1.54) is 6.42 Å². The summed E-state index contributed by atoms with van der Waals surface area (Å²) in [5, 5.41) is 2.93. The van der Waals surface area contributed by atoms with E-state index in [9.17, 15) is 4.79 Å². The van der Waals surface area contributed by atoms with Gasteiger partial charge in [-0.15, -0.1) is 0 Å². The Morgan fingerprint density at radius 1 is 1.45 bits per heavy atom. The van der Waals surface area contributed by atoms with Gasteiger partial charge in [-0.1, -0.05) is 0 Å². The van der Waals surface area contributed by atoms with Crippen LogP contribution in [0.1, 0.15) is 26.2 Å². The minimum Gasteiger partial charge on any atom is -0.478 e. The average Bonchev–Trinajstić information content (AvgIpc) is 3.02. The number of nitrogens with one attached hydrogen (secondary N) is 1. The summed E-state index contributed by atoms with van der Waals surface area (Å²) < 4.78 is 5.28. The van der Waals surface area contributed by atoms with Crippen molar-refractivity contribution in [3.05, 3.63) is 18.3 Å². The molecular formula is C15H21N3O2. The molecule has 2 saturated carbocycles. The molecule has 0 saturated heterocycles. The first-order valence-corrected chi connectivity index (χ1v) is 7.34. The van der Waals surface area contributed by atoms with Gasteiger partial charge in [-0.3, -0.25) is 4.79 Å². The van der Waals surface area contributed by atoms with Crippen LogP contribution in [0.5, 0.6) is 5.88 Å². The lowest BCUT2D eigenvalue weighted by molar-refractivity contribution is -0.121. The van der Waals surface area contributed by atoms with Crippen molar-refractivity contribution in [1.82, 2.24) is 4.98 Å². The second-order valence-electron chi connectivity index (χ2n) is 5.74. The molecule has 0 aromatic carbocycles. The van der Waals surface area contributed by atoms with Crippen molar-refractivity contribution < 1.29 is 9.53 Å². The van der Waals surface area contributed by atoms with Gasteiger partial charge in [0.05, 0.1) is 24.4 Å². The highest BCUT2D eigenvalue weighted by molar-refractivity contribution is 5.93. The molecule has 108 valence electrons. The molecule has 2 bridgehead atoms. The molecule has 1 aromatic heterocycles. The number of hydrogen-bond donors (Lipinski definition) is 2. The maximum atomic E-state index is 12.4. The number of aromatic nitrogens is 1. The normalized spacial score (nSPS) is 31.3. The Balaban J connectivity index is 1.64. The number of amides is 1. The summed E-state index contributed by atoms with van der Waals surface area (Å²) in [6.07, 6.45) is 5.06. The number of nitrogens with two attached hydrogens (primary N) is 1. The number of carbonyl (C=O) groups is 1. The summed E-state index contributed by atoms with van der Waals surface area (Å²) in [5.41, 5.74) is 6.89. The van der Waals surface area contributed by atoms with Crippen LogP contribution in [0.4, 0.5) is 5.69 Å². The number of nitrogens with zero attached hydrogens (tertiary/aromatic N) is 1. The van der Waals surface area contributed by atoms with E-state index in [0.717, 1.165) is 12.8 Å². The number of anilines is 1. The van der Waals surface area contributed by atoms with Gasteiger partial charge in [-0.25, -0.2) is 4.98 Å². The van der Waals surface area contributed by atoms with Gasteiger partial charge in [0, 0.05) is 12.1 Å². The molecule has 2 aliphatic carbocycles. The Hall–Kier alpha value is -1.62. The standard InChI is InChI=1S/C15H21N3O2/c1-2-20-12-6-5-11(8-17-12)18-15(19)13-9-3-4-10(7-9)14(13)16/h5-6,8-10,13-14H,2-4,7,16H2,1H3,(H,18,19). The number of fused-ring (bicyclic) bond motifs is 2. The number of hydrogen-bond acceptors (Lipinski definition) is 4. The molecule has 2 aliphatic rings. The third kappa shape index (κ3) is 2.38. The van der Waals surface area contributed by atoms with Crippen molar-refractivity contribution in [2.24, 2.45) is 23.5 Å². The van der Waals surface area contributed by atoms with Gasteiger partial charge in [0.2, 0.25) is 11.8 Å². The maximum absolute atomic E-state index is 12.4. The summed E-state index contributed by atoms with van der Waals surface area (Å²) >= 11 is 0. The summed E-state index contributed by atoms with van der Waals surface area (Å²) in [5.74, 6) is 1.57. The third-order valence-electron chi connectivity index (χ3n) is 4.58. The minimum atomic E-state index is -0.0414. The zero-order chi connectivity index (χ0) is 14.1. The van der Waals surface area contributed by atoms with E-state index in [1.54, 1.807) is 12.3 Å². The first-order chi connectivity index (χ1) is 9.69. The molecule has 4 atom stereocenters. The van der Waals surface area contributed by atoms with E-state index in [1.807, 2.05) is 13.0 Å². The average molecular weight is 275 g/mol. The zero-order valence-electron chi connectivity index (χ0n) is 11.7. The van der Waals surface area contributed by atoms with E-state index >= 15 is 0 Å². The first kappa shape index (κ1) is 13.4. The molecule has 0 aliphatic heterocycles. The van der Waals surface area contributed by atoms with Crippen LogP contribution in [0.15, 0.2) is 18.3 Å². The highest BCUT2D eigenvalue weighted by Gasteiger charge is 2.49. The predicted octanol–water partition coefficient (Wildman–Crippen LogP) is 1.79. The fourth-order valence-corrected chi connectivity index (χ4v) is 3.64. The summed E-state index contributed by atoms with van der Waals surface area (Å²) in [6.45, 7) is 2.49. The van der Waals surface area contributed by atoms with Gasteiger partial charge in [-0.2, -0.15) is 0 Å². The number of ether oxygens (including phenoxy) is 1. The molecule has 3 rings (SSSR count). The Kier molecular flexibility index (Phi) is 3.61. The molecule has 1 aromatic rings. The minimum absolute atomic E-state index is 0.0180. The first-order valence-electron chi connectivity index (χ1n) is 7.34. The molecule has 0 spiro atoms. The van der Waals surface area contributed by atoms with E-state index < -0.39 is 0 Å². The molecule has 0 radical (unpaired) electrons. The lowest BCUT2D eigenvalue weighted by Gasteiger charge is -2.26. The van der Waals surface area contributed by atoms with Crippen molar-refractivity contribution in [3.63, 3.8) is 0 Å². The fourth-order valence-electron chi connectivity index (χ4n) is 3.64. The maximum Gasteiger partial charge on any atom is 0.229 e. The van der Waals surface area contributed by atoms with Crippen molar-refractivity contribution in [3.8, 4) is 5.88 Å². The van der Waals surface area contributed by atoms with Crippen LogP contribution in [0.25, 0.3) is 0 Å². The molecule has 20 heavy (non-hydrogen) atoms. The number of pyridine rings is 1. The molecule has 3 N–H and O–H groups in total. The van der Waals surface area contributed by atoms with Gasteiger partial charge in [0.15, 0.2) is 0 Å². The van der Waals surface area contributed by atoms with E-state index in [2.05, 4.69) is 10.3 Å². The van der Waals surface area contributed by atoms with E-state index in [4.69, 9.17) is 10.5 Å². The summed E-state index contributed by atoms with van der Waals surface area (Å²) in [7, 11) is 0. The van der Waals surface area contributed by atoms with Crippen LogP contribution in [-0.4, -0.2) is 23.5 Å². The summed E-state index contributed by atoms with van der Waals surface area (Å²) in [4.78, 5) is 16.5. The number of rotatable bonds is 4. The fraction of sp³-hybridized carbons (Fsp3) is 0.600. The van der Waals surface area contributed by atoms with Crippen LogP contribution in [0, 0.1) is 17.8 Å². The smallest absolute Gasteiger partial charge is 0.229 e. The van der Waals surface area contributed by atoms with Gasteiger partial charge < -0.3 is 15.8 Å². The largest absolute Gasteiger partial charge is 0.478 e. The highest BCUT2D eigenvalue weighted by Crippen LogP contribution is 2.47. The number of carbonyl (C=O) groups excluding carboxylic acids is 1. The highest BCUT2D eigenvalue weighted by atomic mass is 16.5. The van der Waals surface area contributed by atoms with Crippen LogP contribution >= 0.6 is 0 Å². The quantitative estimate of drug-likeness (QED) is 0.878. The van der Waals surface area contributed by atoms with Crippen LogP contribution < -0.4 is 15.8 Å². The zero-order valence-corrected chi connectivity index (χ0v) is 11.7. The topological polar surface area (TPSA) is 77.2 Å². The van der Waals surface area contributed by atoms with Gasteiger partial charge in [0.25, 0.3) is 0 Å². The second-order valence-corrected chi connectivity index (χ2v) is 5.74. The van der Waals surface area contributed by atoms with Crippen LogP contribution in [-0.2, 0) is 4.79 Å². The molecule has 5 heteroatoms. The SMILES string of the molecule is CCOc1ccc(NC(=O)C2C3CCC(C3)C2N)cn1. The third-order valence-corrected chi connectivity index (χ3v) is 4.58. The van der Waals surface area contributed by atoms with Gasteiger partial charge in [-0.05, 0) is 44.1 Å². The Morgan fingerprint density at radius 2 is 2.25 bits per heavy atom. The van der Waals surface area contributed by atoms with E-state index in [0.29, 0.717) is 30.0 Å². The van der Waals surface area contributed by atoms with Gasteiger partial charge in [0.1, 0.15) is 0 Å². The molecule has 4 unspecified atom stereocenters. The summed E-state index contributed by atoms with van der Waals surface area (Å²) in [6, 6.07) is 3.60. The Labute approximate surface area is 118 Å². The monoisotopic (exact) mass is 275 g/mol. The molecular weight excluding hydrogens is 254 g/mol. The predicted molar refractivity (Wildman–Crippen MR) is 76.3 cm³/mol. The second kappa shape index (κ2) is 5.40. The molecule has 1 heterocycles. The molecule has 1 amide bonds. The molecule has 2 fully saturated rings. The van der Waals surface area contributed by atoms with Crippen molar-refractivity contribution in [2.75, 3.05) is 11.9 Å². The van der Waals surface area contributed by atoms with Crippen molar-refractivity contribution in [1.29, 1.82) is 0 Å². The van der Waals surface area contributed by atoms with E-state index in [-0.39, 0.29) is 17.9 Å². The lowest BCUT2D eigenvalue weighted by atomic mass is 9.84. The molecule has 5 nitrogen and oxygen atoms in total. The van der Waals surface area contributed by atoms with Crippen molar-refractivity contribution in [2.45, 2.75) is 32.2 Å².